The molecule has 0 spiro atoms. The number of morpholine rings is 1. The van der Waals surface area contributed by atoms with E-state index in [1.165, 1.54) is 6.42 Å². The highest BCUT2D eigenvalue weighted by atomic mass is 16.5. The van der Waals surface area contributed by atoms with Gasteiger partial charge in [0.2, 0.25) is 11.8 Å². The zero-order valence-electron chi connectivity index (χ0n) is 13.3. The summed E-state index contributed by atoms with van der Waals surface area (Å²) < 4.78 is 5.29. The maximum absolute atomic E-state index is 12.6. The molecule has 5 heteroatoms. The molecule has 1 saturated carbocycles. The largest absolute Gasteiger partial charge is 0.378 e. The van der Waals surface area contributed by atoms with Gasteiger partial charge in [-0.25, -0.2) is 0 Å². The molecule has 2 amide bonds. The van der Waals surface area contributed by atoms with E-state index < -0.39 is 6.04 Å². The zero-order chi connectivity index (χ0) is 15.2. The molecule has 1 atom stereocenters. The molecular weight excluding hydrogens is 268 g/mol. The minimum absolute atomic E-state index is 0.0393. The summed E-state index contributed by atoms with van der Waals surface area (Å²) in [5, 5.41) is 3.01. The Balaban J connectivity index is 1.94. The highest BCUT2D eigenvalue weighted by molar-refractivity contribution is 5.88. The highest BCUT2D eigenvalue weighted by Crippen LogP contribution is 2.24. The second-order valence-corrected chi connectivity index (χ2v) is 6.50. The number of carbonyl (C=O) groups excluding carboxylic acids is 2. The molecule has 1 unspecified atom stereocenters. The van der Waals surface area contributed by atoms with Gasteiger partial charge in [0, 0.05) is 19.0 Å². The van der Waals surface area contributed by atoms with Gasteiger partial charge >= 0.3 is 0 Å². The molecule has 21 heavy (non-hydrogen) atoms. The van der Waals surface area contributed by atoms with Crippen LogP contribution < -0.4 is 5.32 Å². The molecule has 2 aliphatic rings. The van der Waals surface area contributed by atoms with Gasteiger partial charge in [0.1, 0.15) is 6.04 Å². The van der Waals surface area contributed by atoms with Crippen LogP contribution in [0.1, 0.15) is 46.0 Å². The summed E-state index contributed by atoms with van der Waals surface area (Å²) in [7, 11) is 0. The lowest BCUT2D eigenvalue weighted by Crippen LogP contribution is -2.54. The number of rotatable bonds is 4. The first-order valence-corrected chi connectivity index (χ1v) is 8.26. The van der Waals surface area contributed by atoms with Gasteiger partial charge in [0.05, 0.1) is 13.2 Å². The van der Waals surface area contributed by atoms with Crippen LogP contribution in [0.5, 0.6) is 0 Å². The van der Waals surface area contributed by atoms with Gasteiger partial charge < -0.3 is 15.0 Å². The fourth-order valence-corrected chi connectivity index (χ4v) is 3.13. The average molecular weight is 296 g/mol. The second kappa shape index (κ2) is 7.78. The summed E-state index contributed by atoms with van der Waals surface area (Å²) in [5.74, 6) is 0.304. The Morgan fingerprint density at radius 2 is 1.71 bits per heavy atom. The van der Waals surface area contributed by atoms with Crippen LogP contribution in [0.3, 0.4) is 0 Å². The Morgan fingerprint density at radius 1 is 1.10 bits per heavy atom. The molecule has 0 aromatic rings. The number of hydrogen-bond donors (Lipinski definition) is 1. The minimum Gasteiger partial charge on any atom is -0.378 e. The summed E-state index contributed by atoms with van der Waals surface area (Å²) >= 11 is 0. The van der Waals surface area contributed by atoms with E-state index in [1.54, 1.807) is 0 Å². The normalized spacial score (nSPS) is 22.1. The predicted octanol–water partition coefficient (Wildman–Crippen LogP) is 1.57. The number of nitrogens with one attached hydrogen (secondary N) is 1. The van der Waals surface area contributed by atoms with Crippen molar-refractivity contribution in [2.75, 3.05) is 26.3 Å². The monoisotopic (exact) mass is 296 g/mol. The third-order valence-corrected chi connectivity index (χ3v) is 4.53. The topological polar surface area (TPSA) is 58.6 Å². The SMILES string of the molecule is CC(C)C(NC(=O)C1CCCCC1)C(=O)N1CCOCC1. The van der Waals surface area contributed by atoms with Crippen molar-refractivity contribution in [3.8, 4) is 0 Å². The van der Waals surface area contributed by atoms with E-state index in [0.717, 1.165) is 25.7 Å². The molecule has 0 aromatic heterocycles. The minimum atomic E-state index is -0.405. The first-order valence-electron chi connectivity index (χ1n) is 8.26. The second-order valence-electron chi connectivity index (χ2n) is 6.50. The lowest BCUT2D eigenvalue weighted by atomic mass is 9.88. The molecule has 1 N–H and O–H groups in total. The van der Waals surface area contributed by atoms with Crippen LogP contribution in [-0.2, 0) is 14.3 Å². The molecule has 120 valence electrons. The molecule has 2 rings (SSSR count). The number of hydrogen-bond acceptors (Lipinski definition) is 3. The van der Waals surface area contributed by atoms with Gasteiger partial charge in [0.15, 0.2) is 0 Å². The fourth-order valence-electron chi connectivity index (χ4n) is 3.13. The molecule has 2 fully saturated rings. The fraction of sp³-hybridized carbons (Fsp3) is 0.875. The Labute approximate surface area is 127 Å². The molecular formula is C16H28N2O3. The van der Waals surface area contributed by atoms with E-state index in [9.17, 15) is 9.59 Å². The summed E-state index contributed by atoms with van der Waals surface area (Å²) in [5.41, 5.74) is 0. The Bertz CT molecular complexity index is 359. The lowest BCUT2D eigenvalue weighted by molar-refractivity contribution is -0.142. The first-order chi connectivity index (χ1) is 10.1. The van der Waals surface area contributed by atoms with Crippen LogP contribution in [-0.4, -0.2) is 49.1 Å². The van der Waals surface area contributed by atoms with Gasteiger partial charge in [-0.2, -0.15) is 0 Å². The molecule has 1 aliphatic carbocycles. The molecule has 1 saturated heterocycles. The lowest BCUT2D eigenvalue weighted by Gasteiger charge is -2.33. The van der Waals surface area contributed by atoms with Gasteiger partial charge in [-0.1, -0.05) is 33.1 Å². The van der Waals surface area contributed by atoms with Gasteiger partial charge in [-0.3, -0.25) is 9.59 Å². The maximum atomic E-state index is 12.6. The van der Waals surface area contributed by atoms with Crippen LogP contribution >= 0.6 is 0 Å². The molecule has 0 bridgehead atoms. The van der Waals surface area contributed by atoms with Crippen LogP contribution in [0.2, 0.25) is 0 Å². The third-order valence-electron chi connectivity index (χ3n) is 4.53. The van der Waals surface area contributed by atoms with Crippen molar-refractivity contribution >= 4 is 11.8 Å². The van der Waals surface area contributed by atoms with Crippen molar-refractivity contribution in [1.29, 1.82) is 0 Å². The zero-order valence-corrected chi connectivity index (χ0v) is 13.3. The van der Waals surface area contributed by atoms with Crippen molar-refractivity contribution in [3.05, 3.63) is 0 Å². The smallest absolute Gasteiger partial charge is 0.245 e. The standard InChI is InChI=1S/C16H28N2O3/c1-12(2)14(16(20)18-8-10-21-11-9-18)17-15(19)13-6-4-3-5-7-13/h12-14H,3-11H2,1-2H3,(H,17,19). The Kier molecular flexibility index (Phi) is 6.03. The molecule has 1 aliphatic heterocycles. The summed E-state index contributed by atoms with van der Waals surface area (Å²) in [6.07, 6.45) is 5.40. The summed E-state index contributed by atoms with van der Waals surface area (Å²) in [6.45, 7) is 6.41. The van der Waals surface area contributed by atoms with Crippen molar-refractivity contribution in [3.63, 3.8) is 0 Å². The van der Waals surface area contributed by atoms with E-state index in [4.69, 9.17) is 4.74 Å². The molecule has 0 radical (unpaired) electrons. The van der Waals surface area contributed by atoms with Crippen LogP contribution in [0.4, 0.5) is 0 Å². The number of amides is 2. The maximum Gasteiger partial charge on any atom is 0.245 e. The molecule has 1 heterocycles. The molecule has 0 aromatic carbocycles. The average Bonchev–Trinajstić information content (AvgIpc) is 2.53. The summed E-state index contributed by atoms with van der Waals surface area (Å²) in [4.78, 5) is 26.8. The highest BCUT2D eigenvalue weighted by Gasteiger charge is 2.31. The van der Waals surface area contributed by atoms with Crippen molar-refractivity contribution in [2.45, 2.75) is 52.0 Å². The Morgan fingerprint density at radius 3 is 2.29 bits per heavy atom. The van der Waals surface area contributed by atoms with E-state index in [2.05, 4.69) is 5.32 Å². The van der Waals surface area contributed by atoms with Gasteiger partial charge in [0.25, 0.3) is 0 Å². The van der Waals surface area contributed by atoms with Crippen molar-refractivity contribution in [1.82, 2.24) is 10.2 Å². The van der Waals surface area contributed by atoms with E-state index in [-0.39, 0.29) is 23.7 Å². The van der Waals surface area contributed by atoms with Crippen molar-refractivity contribution in [2.24, 2.45) is 11.8 Å². The van der Waals surface area contributed by atoms with Crippen molar-refractivity contribution < 1.29 is 14.3 Å². The number of nitrogens with zero attached hydrogens (tertiary/aromatic N) is 1. The number of ether oxygens (including phenoxy) is 1. The quantitative estimate of drug-likeness (QED) is 0.856. The summed E-state index contributed by atoms with van der Waals surface area (Å²) in [6, 6.07) is -0.405. The predicted molar refractivity (Wildman–Crippen MR) is 80.7 cm³/mol. The van der Waals surface area contributed by atoms with E-state index >= 15 is 0 Å². The third kappa shape index (κ3) is 4.43. The van der Waals surface area contributed by atoms with Crippen LogP contribution in [0, 0.1) is 11.8 Å². The van der Waals surface area contributed by atoms with E-state index in [1.807, 2.05) is 18.7 Å². The molecule has 5 nitrogen and oxygen atoms in total. The van der Waals surface area contributed by atoms with Crippen LogP contribution in [0.25, 0.3) is 0 Å². The van der Waals surface area contributed by atoms with Gasteiger partial charge in [-0.15, -0.1) is 0 Å². The van der Waals surface area contributed by atoms with Gasteiger partial charge in [-0.05, 0) is 18.8 Å². The van der Waals surface area contributed by atoms with E-state index in [0.29, 0.717) is 26.3 Å². The van der Waals surface area contributed by atoms with Crippen LogP contribution in [0.15, 0.2) is 0 Å². The first kappa shape index (κ1) is 16.3. The number of carbonyl (C=O) groups is 2. The Hall–Kier alpha value is -1.10.